The molecule has 0 heterocycles. The molecule has 0 aromatic heterocycles. The van der Waals surface area contributed by atoms with Gasteiger partial charge in [-0.15, -0.1) is 0 Å². The maximum Gasteiger partial charge on any atom is 0.119 e. The molecule has 0 N–H and O–H groups in total. The smallest absolute Gasteiger partial charge is 0.119 e. The Kier molecular flexibility index (Phi) is 13.9. The normalized spacial score (nSPS) is 15.1. The van der Waals surface area contributed by atoms with Gasteiger partial charge in [0.15, 0.2) is 0 Å². The predicted molar refractivity (Wildman–Crippen MR) is 357 cm³/mol. The van der Waals surface area contributed by atoms with Crippen molar-refractivity contribution in [2.24, 2.45) is 0 Å². The van der Waals surface area contributed by atoms with Gasteiger partial charge in [-0.3, -0.25) is 0 Å². The Hall–Kier alpha value is -10.7. The minimum Gasteiger partial charge on any atom is -0.490 e. The third-order valence-corrected chi connectivity index (χ3v) is 17.5. The molecule has 2 aliphatic carbocycles. The lowest BCUT2D eigenvalue weighted by Gasteiger charge is -2.35. The van der Waals surface area contributed by atoms with Crippen LogP contribution < -0.4 is 19.3 Å². The summed E-state index contributed by atoms with van der Waals surface area (Å²) in [6.45, 7) is 13.0. The summed E-state index contributed by atoms with van der Waals surface area (Å²) in [5, 5.41) is 0. The molecule has 0 bridgehead atoms. The Morgan fingerprint density at radius 1 is 0.302 bits per heavy atom. The number of hydrogen-bond donors (Lipinski definition) is 0. The fourth-order valence-corrected chi connectivity index (χ4v) is 13.6. The maximum atomic E-state index is 6.03. The van der Waals surface area contributed by atoms with Crippen molar-refractivity contribution in [2.45, 2.75) is 24.7 Å². The first-order chi connectivity index (χ1) is 42.4. The molecule has 4 heteroatoms. The minimum absolute atomic E-state index is 0.447. The number of rotatable bonds is 17. The lowest BCUT2D eigenvalue weighted by Crippen LogP contribution is -2.28. The molecule has 0 radical (unpaired) electrons. The summed E-state index contributed by atoms with van der Waals surface area (Å²) in [7, 11) is 0. The van der Waals surface area contributed by atoms with E-state index >= 15 is 0 Å². The predicted octanol–water partition coefficient (Wildman–Crippen LogP) is 20.8. The van der Waals surface area contributed by atoms with Crippen molar-refractivity contribution in [1.29, 1.82) is 0 Å². The zero-order chi connectivity index (χ0) is 58.2. The third kappa shape index (κ3) is 9.10. The molecule has 4 nitrogen and oxygen atoms in total. The maximum absolute atomic E-state index is 6.03. The number of hydrogen-bond acceptors (Lipinski definition) is 4. The molecule has 0 saturated heterocycles. The van der Waals surface area contributed by atoms with Crippen molar-refractivity contribution >= 4 is 34.1 Å². The standard InChI is InChI=1S/C82H64N2O2/c1-5-53-85-71-47-37-63(38-48-71)81(61-33-25-57(3)26-34-61)77-23-15-13-21-73(77)75-51-45-69(55-79(75)81)83(65-17-9-7-10-18-65)67-41-29-59(30-42-67)60-31-43-68(44-32-60)84(66-19-11-8-12-20-66)70-46-52-76-74-22-14-16-24-78(74)82(80(76)56-70,62-35-27-58(4)28-36-62)64-39-49-72(50-40-64)86-54-6-2/h5-52,55-56H,1-2,53-54H2,3-4H3. The molecule has 14 rings (SSSR count). The van der Waals surface area contributed by atoms with E-state index in [4.69, 9.17) is 9.47 Å². The second-order valence-corrected chi connectivity index (χ2v) is 22.5. The van der Waals surface area contributed by atoms with E-state index in [9.17, 15) is 0 Å². The van der Waals surface area contributed by atoms with Gasteiger partial charge in [0.1, 0.15) is 24.7 Å². The van der Waals surface area contributed by atoms with Crippen LogP contribution in [0.15, 0.2) is 316 Å². The highest BCUT2D eigenvalue weighted by atomic mass is 16.5. The van der Waals surface area contributed by atoms with Gasteiger partial charge in [0.25, 0.3) is 0 Å². The highest BCUT2D eigenvalue weighted by molar-refractivity contribution is 5.92. The summed E-state index contributed by atoms with van der Waals surface area (Å²) in [5.74, 6) is 1.63. The van der Waals surface area contributed by atoms with Crippen LogP contribution >= 0.6 is 0 Å². The monoisotopic (exact) mass is 1110 g/mol. The molecule has 0 fully saturated rings. The Morgan fingerprint density at radius 2 is 0.605 bits per heavy atom. The van der Waals surface area contributed by atoms with Crippen molar-refractivity contribution in [3.05, 3.63) is 372 Å². The zero-order valence-corrected chi connectivity index (χ0v) is 48.4. The molecule has 2 unspecified atom stereocenters. The van der Waals surface area contributed by atoms with Gasteiger partial charge in [-0.2, -0.15) is 0 Å². The van der Waals surface area contributed by atoms with Crippen LogP contribution in [-0.4, -0.2) is 13.2 Å². The van der Waals surface area contributed by atoms with Crippen molar-refractivity contribution in [3.8, 4) is 44.9 Å². The van der Waals surface area contributed by atoms with Gasteiger partial charge in [0, 0.05) is 34.1 Å². The summed E-state index contributed by atoms with van der Waals surface area (Å²) < 4.78 is 12.1. The van der Waals surface area contributed by atoms with Gasteiger partial charge in [-0.1, -0.05) is 231 Å². The van der Waals surface area contributed by atoms with E-state index in [1.165, 1.54) is 77.9 Å². The van der Waals surface area contributed by atoms with Gasteiger partial charge in [-0.05, 0) is 189 Å². The molecule has 2 aliphatic rings. The van der Waals surface area contributed by atoms with Crippen LogP contribution in [0.3, 0.4) is 0 Å². The SMILES string of the molecule is C=CCOc1ccc(C2(c3ccc(C)cc3)c3ccccc3-c3ccc(N(c4ccccc4)c4ccc(-c5ccc(N(c6ccccc6)c6ccc7c(c6)C(c6ccc(C)cc6)(c6ccc(OCC=C)cc6)c6ccccc6-7)cc5)cc4)cc32)cc1. The second-order valence-electron chi connectivity index (χ2n) is 22.5. The van der Waals surface area contributed by atoms with Crippen LogP contribution in [0.5, 0.6) is 11.5 Å². The molecule has 12 aromatic carbocycles. The first-order valence-corrected chi connectivity index (χ1v) is 29.6. The number of anilines is 6. The average Bonchev–Trinajstić information content (AvgIpc) is 1.55. The lowest BCUT2D eigenvalue weighted by atomic mass is 9.67. The van der Waals surface area contributed by atoms with Crippen molar-refractivity contribution in [1.82, 2.24) is 0 Å². The fourth-order valence-electron chi connectivity index (χ4n) is 13.6. The number of para-hydroxylation sites is 2. The first-order valence-electron chi connectivity index (χ1n) is 29.6. The molecule has 414 valence electrons. The Morgan fingerprint density at radius 3 is 0.965 bits per heavy atom. The Balaban J connectivity index is 0.841. The molecule has 0 aliphatic heterocycles. The molecule has 86 heavy (non-hydrogen) atoms. The van der Waals surface area contributed by atoms with Crippen LogP contribution in [0, 0.1) is 13.8 Å². The van der Waals surface area contributed by atoms with Crippen LogP contribution in [0.4, 0.5) is 34.1 Å². The number of benzene rings is 12. The van der Waals surface area contributed by atoms with Crippen molar-refractivity contribution in [3.63, 3.8) is 0 Å². The highest BCUT2D eigenvalue weighted by Gasteiger charge is 2.48. The summed E-state index contributed by atoms with van der Waals surface area (Å²) in [6.07, 6.45) is 3.57. The molecule has 0 spiro atoms. The minimum atomic E-state index is -0.603. The van der Waals surface area contributed by atoms with E-state index in [-0.39, 0.29) is 0 Å². The Bertz CT molecular complexity index is 4130. The van der Waals surface area contributed by atoms with Crippen LogP contribution in [0.2, 0.25) is 0 Å². The van der Waals surface area contributed by atoms with Gasteiger partial charge < -0.3 is 19.3 Å². The second kappa shape index (κ2) is 22.5. The van der Waals surface area contributed by atoms with Crippen LogP contribution in [0.25, 0.3) is 33.4 Å². The zero-order valence-electron chi connectivity index (χ0n) is 48.4. The van der Waals surface area contributed by atoms with Gasteiger partial charge in [0.2, 0.25) is 0 Å². The quantitative estimate of drug-likeness (QED) is 0.0849. The molecule has 0 saturated carbocycles. The highest BCUT2D eigenvalue weighted by Crippen LogP contribution is 2.59. The van der Waals surface area contributed by atoms with Crippen LogP contribution in [0.1, 0.15) is 55.6 Å². The van der Waals surface area contributed by atoms with E-state index < -0.39 is 10.8 Å². The number of fused-ring (bicyclic) bond motifs is 6. The lowest BCUT2D eigenvalue weighted by molar-refractivity contribution is 0.363. The largest absolute Gasteiger partial charge is 0.490 e. The Labute approximate surface area is 505 Å². The summed E-state index contributed by atoms with van der Waals surface area (Å²) >= 11 is 0. The van der Waals surface area contributed by atoms with Crippen LogP contribution in [-0.2, 0) is 10.8 Å². The van der Waals surface area contributed by atoms with E-state index in [1.54, 1.807) is 12.2 Å². The summed E-state index contributed by atoms with van der Waals surface area (Å²) in [4.78, 5) is 4.77. The summed E-state index contributed by atoms with van der Waals surface area (Å²) in [5.41, 5.74) is 24.6. The van der Waals surface area contributed by atoms with E-state index in [0.717, 1.165) is 56.8 Å². The molecule has 2 atom stereocenters. The van der Waals surface area contributed by atoms with E-state index in [0.29, 0.717) is 13.2 Å². The number of ether oxygens (including phenoxy) is 2. The van der Waals surface area contributed by atoms with E-state index in [1.807, 2.05) is 0 Å². The van der Waals surface area contributed by atoms with Gasteiger partial charge in [-0.25, -0.2) is 0 Å². The molecule has 12 aromatic rings. The van der Waals surface area contributed by atoms with Crippen molar-refractivity contribution in [2.75, 3.05) is 23.0 Å². The molecular formula is C82H64N2O2. The molecular weight excluding hydrogens is 1040 g/mol. The van der Waals surface area contributed by atoms with Gasteiger partial charge in [0.05, 0.1) is 10.8 Å². The number of aryl methyl sites for hydroxylation is 2. The van der Waals surface area contributed by atoms with E-state index in [2.05, 4.69) is 328 Å². The fraction of sp³-hybridized carbons (Fsp3) is 0.0732. The molecule has 0 amide bonds. The van der Waals surface area contributed by atoms with Gasteiger partial charge >= 0.3 is 0 Å². The third-order valence-electron chi connectivity index (χ3n) is 17.5. The first kappa shape index (κ1) is 53.3. The topological polar surface area (TPSA) is 24.9 Å². The number of nitrogens with zero attached hydrogens (tertiary/aromatic N) is 2. The van der Waals surface area contributed by atoms with Crippen molar-refractivity contribution < 1.29 is 9.47 Å². The average molecular weight is 1110 g/mol. The summed E-state index contributed by atoms with van der Waals surface area (Å²) in [6, 6.07) is 107.